The first-order valence-electron chi connectivity index (χ1n) is 7.55. The average Bonchev–Trinajstić information content (AvgIpc) is 2.59. The summed E-state index contributed by atoms with van der Waals surface area (Å²) < 4.78 is 24.9. The molecule has 0 radical (unpaired) electrons. The monoisotopic (exact) mass is 409 g/mol. The van der Waals surface area contributed by atoms with Gasteiger partial charge in [-0.25, -0.2) is 18.6 Å². The standard InChI is InChI=1S/C17H16ClN3O5S/c1-27(25,26)21(15-4-2-3-14(18)9-15)11-16(22)20-19-10-12-5-7-13(8-6-12)17(23)24/h2-10H,11H2,1H3,(H,20,22)(H,23,24)/b19-10-. The Labute approximate surface area is 161 Å². The van der Waals surface area contributed by atoms with Gasteiger partial charge in [0, 0.05) is 5.02 Å². The molecule has 0 aliphatic rings. The number of carbonyl (C=O) groups excluding carboxylic acids is 1. The van der Waals surface area contributed by atoms with Crippen molar-refractivity contribution in [3.63, 3.8) is 0 Å². The van der Waals surface area contributed by atoms with Gasteiger partial charge in [0.1, 0.15) is 6.54 Å². The van der Waals surface area contributed by atoms with Gasteiger partial charge in [0.25, 0.3) is 5.91 Å². The molecule has 0 atom stereocenters. The molecule has 0 fully saturated rings. The lowest BCUT2D eigenvalue weighted by atomic mass is 10.1. The molecule has 8 nitrogen and oxygen atoms in total. The van der Waals surface area contributed by atoms with E-state index in [1.54, 1.807) is 12.1 Å². The molecule has 2 aromatic carbocycles. The number of hydrazone groups is 1. The number of nitrogens with one attached hydrogen (secondary N) is 1. The zero-order valence-electron chi connectivity index (χ0n) is 14.2. The minimum atomic E-state index is -3.71. The molecule has 0 spiro atoms. The van der Waals surface area contributed by atoms with Crippen molar-refractivity contribution in [2.45, 2.75) is 0 Å². The smallest absolute Gasteiger partial charge is 0.335 e. The minimum absolute atomic E-state index is 0.126. The van der Waals surface area contributed by atoms with Crippen molar-refractivity contribution in [3.8, 4) is 0 Å². The van der Waals surface area contributed by atoms with Crippen LogP contribution in [0.5, 0.6) is 0 Å². The van der Waals surface area contributed by atoms with Crippen LogP contribution in [0.4, 0.5) is 5.69 Å². The van der Waals surface area contributed by atoms with E-state index in [9.17, 15) is 18.0 Å². The molecule has 0 heterocycles. The van der Waals surface area contributed by atoms with Crippen LogP contribution in [-0.2, 0) is 14.8 Å². The van der Waals surface area contributed by atoms with E-state index in [-0.39, 0.29) is 11.3 Å². The van der Waals surface area contributed by atoms with Gasteiger partial charge in [0.05, 0.1) is 23.7 Å². The molecule has 142 valence electrons. The lowest BCUT2D eigenvalue weighted by molar-refractivity contribution is -0.119. The fourth-order valence-electron chi connectivity index (χ4n) is 2.09. The highest BCUT2D eigenvalue weighted by molar-refractivity contribution is 7.92. The Hall–Kier alpha value is -2.91. The SMILES string of the molecule is CS(=O)(=O)N(CC(=O)N/N=C\c1ccc(C(=O)O)cc1)c1cccc(Cl)c1. The van der Waals surface area contributed by atoms with Crippen molar-refractivity contribution in [2.75, 3.05) is 17.1 Å². The topological polar surface area (TPSA) is 116 Å². The maximum atomic E-state index is 12.1. The number of hydrogen-bond donors (Lipinski definition) is 2. The van der Waals surface area contributed by atoms with Gasteiger partial charge in [-0.15, -0.1) is 0 Å². The summed E-state index contributed by atoms with van der Waals surface area (Å²) in [4.78, 5) is 22.8. The third-order valence-electron chi connectivity index (χ3n) is 3.34. The van der Waals surface area contributed by atoms with E-state index in [1.807, 2.05) is 0 Å². The second-order valence-electron chi connectivity index (χ2n) is 5.47. The summed E-state index contributed by atoms with van der Waals surface area (Å²) in [5, 5.41) is 12.9. The first-order valence-corrected chi connectivity index (χ1v) is 9.78. The molecule has 2 rings (SSSR count). The number of carbonyl (C=O) groups is 2. The molecule has 0 saturated carbocycles. The molecular weight excluding hydrogens is 394 g/mol. The van der Waals surface area contributed by atoms with E-state index in [0.717, 1.165) is 10.6 Å². The summed E-state index contributed by atoms with van der Waals surface area (Å²) in [6.07, 6.45) is 2.29. The number of carboxylic acid groups (broad SMARTS) is 1. The van der Waals surface area contributed by atoms with E-state index in [4.69, 9.17) is 16.7 Å². The molecule has 1 amide bonds. The van der Waals surface area contributed by atoms with Crippen molar-refractivity contribution in [3.05, 3.63) is 64.7 Å². The Morgan fingerprint density at radius 2 is 1.89 bits per heavy atom. The number of halogens is 1. The van der Waals surface area contributed by atoms with Crippen molar-refractivity contribution < 1.29 is 23.1 Å². The summed E-state index contributed by atoms with van der Waals surface area (Å²) in [5.41, 5.74) is 3.18. The van der Waals surface area contributed by atoms with E-state index in [0.29, 0.717) is 10.6 Å². The zero-order valence-corrected chi connectivity index (χ0v) is 15.7. The molecule has 0 saturated heterocycles. The molecule has 10 heteroatoms. The van der Waals surface area contributed by atoms with Crippen LogP contribution in [0, 0.1) is 0 Å². The van der Waals surface area contributed by atoms with Crippen molar-refractivity contribution >= 4 is 45.4 Å². The van der Waals surface area contributed by atoms with E-state index < -0.39 is 28.4 Å². The molecule has 0 bridgehead atoms. The quantitative estimate of drug-likeness (QED) is 0.535. The van der Waals surface area contributed by atoms with Crippen LogP contribution in [0.3, 0.4) is 0 Å². The Balaban J connectivity index is 2.04. The number of aromatic carboxylic acids is 1. The highest BCUT2D eigenvalue weighted by Crippen LogP contribution is 2.21. The lowest BCUT2D eigenvalue weighted by Crippen LogP contribution is -2.39. The second kappa shape index (κ2) is 8.65. The molecule has 0 aliphatic heterocycles. The normalized spacial score (nSPS) is 11.3. The number of nitrogens with zero attached hydrogens (tertiary/aromatic N) is 2. The first kappa shape index (κ1) is 20.4. The van der Waals surface area contributed by atoms with Gasteiger partial charge in [0.15, 0.2) is 0 Å². The van der Waals surface area contributed by atoms with Crippen LogP contribution in [0.25, 0.3) is 0 Å². The van der Waals surface area contributed by atoms with Gasteiger partial charge in [-0.1, -0.05) is 29.8 Å². The first-order chi connectivity index (χ1) is 12.7. The lowest BCUT2D eigenvalue weighted by Gasteiger charge is -2.21. The van der Waals surface area contributed by atoms with Gasteiger partial charge >= 0.3 is 5.97 Å². The summed E-state index contributed by atoms with van der Waals surface area (Å²) in [7, 11) is -3.71. The Morgan fingerprint density at radius 3 is 2.44 bits per heavy atom. The summed E-state index contributed by atoms with van der Waals surface area (Å²) in [5.74, 6) is -1.70. The summed E-state index contributed by atoms with van der Waals surface area (Å²) >= 11 is 5.88. The number of benzene rings is 2. The van der Waals surface area contributed by atoms with Gasteiger partial charge < -0.3 is 5.11 Å². The van der Waals surface area contributed by atoms with Gasteiger partial charge in [-0.2, -0.15) is 5.10 Å². The van der Waals surface area contributed by atoms with Crippen LogP contribution < -0.4 is 9.73 Å². The molecular formula is C17H16ClN3O5S. The summed E-state index contributed by atoms with van der Waals surface area (Å²) in [6, 6.07) is 12.0. The fraction of sp³-hybridized carbons (Fsp3) is 0.118. The van der Waals surface area contributed by atoms with Crippen LogP contribution >= 0.6 is 11.6 Å². The van der Waals surface area contributed by atoms with E-state index in [2.05, 4.69) is 10.5 Å². The van der Waals surface area contributed by atoms with Crippen molar-refractivity contribution in [1.29, 1.82) is 0 Å². The largest absolute Gasteiger partial charge is 0.478 e. The number of anilines is 1. The predicted molar refractivity (Wildman–Crippen MR) is 103 cm³/mol. The molecule has 0 aliphatic carbocycles. The average molecular weight is 410 g/mol. The van der Waals surface area contributed by atoms with Gasteiger partial charge in [-0.3, -0.25) is 9.10 Å². The van der Waals surface area contributed by atoms with Crippen LogP contribution in [0.1, 0.15) is 15.9 Å². The predicted octanol–water partition coefficient (Wildman–Crippen LogP) is 1.95. The summed E-state index contributed by atoms with van der Waals surface area (Å²) in [6.45, 7) is -0.478. The third-order valence-corrected chi connectivity index (χ3v) is 4.72. The molecule has 2 N–H and O–H groups in total. The highest BCUT2D eigenvalue weighted by atomic mass is 35.5. The van der Waals surface area contributed by atoms with E-state index >= 15 is 0 Å². The fourth-order valence-corrected chi connectivity index (χ4v) is 3.12. The maximum Gasteiger partial charge on any atom is 0.335 e. The molecule has 2 aromatic rings. The zero-order chi connectivity index (χ0) is 20.0. The molecule has 0 aromatic heterocycles. The Bertz CT molecular complexity index is 974. The number of amides is 1. The minimum Gasteiger partial charge on any atom is -0.478 e. The number of rotatable bonds is 7. The molecule has 27 heavy (non-hydrogen) atoms. The van der Waals surface area contributed by atoms with E-state index in [1.165, 1.54) is 42.6 Å². The third kappa shape index (κ3) is 6.08. The van der Waals surface area contributed by atoms with Gasteiger partial charge in [0.2, 0.25) is 10.0 Å². The van der Waals surface area contributed by atoms with Gasteiger partial charge in [-0.05, 0) is 35.9 Å². The van der Waals surface area contributed by atoms with Crippen molar-refractivity contribution in [2.24, 2.45) is 5.10 Å². The van der Waals surface area contributed by atoms with Crippen molar-refractivity contribution in [1.82, 2.24) is 5.43 Å². The van der Waals surface area contributed by atoms with Crippen LogP contribution in [0.2, 0.25) is 5.02 Å². The Kier molecular flexibility index (Phi) is 6.54. The number of hydrogen-bond acceptors (Lipinski definition) is 5. The maximum absolute atomic E-state index is 12.1. The van der Waals surface area contributed by atoms with Crippen LogP contribution in [-0.4, -0.2) is 44.4 Å². The number of sulfonamides is 1. The highest BCUT2D eigenvalue weighted by Gasteiger charge is 2.20. The molecule has 0 unspecified atom stereocenters. The second-order valence-corrected chi connectivity index (χ2v) is 7.81. The Morgan fingerprint density at radius 1 is 1.22 bits per heavy atom. The number of carboxylic acids is 1. The van der Waals surface area contributed by atoms with Crippen LogP contribution in [0.15, 0.2) is 53.6 Å².